The Morgan fingerprint density at radius 2 is 2.00 bits per heavy atom. The van der Waals surface area contributed by atoms with Crippen LogP contribution < -0.4 is 5.32 Å². The molecule has 6 nitrogen and oxygen atoms in total. The number of guanidine groups is 1. The van der Waals surface area contributed by atoms with Crippen molar-refractivity contribution >= 4 is 5.96 Å². The molecular weight excluding hydrogens is 348 g/mol. The molecule has 4 rings (SSSR count). The SMILES string of the molecule is CN=C(NCc1nn(-c2ccccc2)c2c1CCC2)N(C)Cc1cccn1C. The molecule has 0 radical (unpaired) electrons. The van der Waals surface area contributed by atoms with Crippen LogP contribution in [0.25, 0.3) is 5.69 Å². The van der Waals surface area contributed by atoms with Gasteiger partial charge in [-0.25, -0.2) is 4.68 Å². The van der Waals surface area contributed by atoms with Crippen LogP contribution in [0.2, 0.25) is 0 Å². The van der Waals surface area contributed by atoms with Gasteiger partial charge in [-0.1, -0.05) is 18.2 Å². The summed E-state index contributed by atoms with van der Waals surface area (Å²) < 4.78 is 4.26. The van der Waals surface area contributed by atoms with Crippen molar-refractivity contribution in [1.82, 2.24) is 24.6 Å². The molecule has 2 heterocycles. The van der Waals surface area contributed by atoms with Gasteiger partial charge in [-0.05, 0) is 49.1 Å². The summed E-state index contributed by atoms with van der Waals surface area (Å²) in [5.74, 6) is 0.877. The molecule has 0 amide bonds. The number of aromatic nitrogens is 3. The van der Waals surface area contributed by atoms with Gasteiger partial charge >= 0.3 is 0 Å². The number of nitrogens with zero attached hydrogens (tertiary/aromatic N) is 5. The lowest BCUT2D eigenvalue weighted by Gasteiger charge is -2.22. The molecule has 0 atom stereocenters. The van der Waals surface area contributed by atoms with Gasteiger partial charge in [0.05, 0.1) is 24.5 Å². The quantitative estimate of drug-likeness (QED) is 0.550. The van der Waals surface area contributed by atoms with Crippen LogP contribution in [0.15, 0.2) is 53.7 Å². The molecule has 0 fully saturated rings. The van der Waals surface area contributed by atoms with E-state index in [4.69, 9.17) is 5.10 Å². The molecule has 0 spiro atoms. The molecule has 1 N–H and O–H groups in total. The van der Waals surface area contributed by atoms with E-state index in [-0.39, 0.29) is 0 Å². The second-order valence-electron chi connectivity index (χ2n) is 7.34. The molecule has 0 saturated heterocycles. The van der Waals surface area contributed by atoms with Gasteiger partial charge in [0.2, 0.25) is 0 Å². The van der Waals surface area contributed by atoms with E-state index in [1.165, 1.54) is 23.4 Å². The van der Waals surface area contributed by atoms with Crippen molar-refractivity contribution in [2.75, 3.05) is 14.1 Å². The number of benzene rings is 1. The highest BCUT2D eigenvalue weighted by atomic mass is 15.3. The zero-order chi connectivity index (χ0) is 19.5. The van der Waals surface area contributed by atoms with Gasteiger partial charge in [0.15, 0.2) is 5.96 Å². The molecule has 2 aromatic heterocycles. The van der Waals surface area contributed by atoms with Crippen LogP contribution in [0.4, 0.5) is 0 Å². The fourth-order valence-corrected chi connectivity index (χ4v) is 3.96. The van der Waals surface area contributed by atoms with E-state index in [2.05, 4.69) is 81.1 Å². The summed E-state index contributed by atoms with van der Waals surface area (Å²) in [6.45, 7) is 1.49. The molecule has 1 aliphatic rings. The number of aryl methyl sites for hydroxylation is 1. The van der Waals surface area contributed by atoms with Gasteiger partial charge < -0.3 is 14.8 Å². The summed E-state index contributed by atoms with van der Waals surface area (Å²) in [7, 11) is 5.96. The first-order valence-corrected chi connectivity index (χ1v) is 9.84. The maximum absolute atomic E-state index is 4.93. The molecule has 1 aromatic carbocycles. The minimum atomic E-state index is 0.687. The van der Waals surface area contributed by atoms with Crippen molar-refractivity contribution in [2.45, 2.75) is 32.4 Å². The lowest BCUT2D eigenvalue weighted by Crippen LogP contribution is -2.38. The third-order valence-corrected chi connectivity index (χ3v) is 5.45. The molecule has 0 bridgehead atoms. The Labute approximate surface area is 166 Å². The third kappa shape index (κ3) is 3.54. The fourth-order valence-electron chi connectivity index (χ4n) is 3.96. The Morgan fingerprint density at radius 3 is 2.71 bits per heavy atom. The van der Waals surface area contributed by atoms with Crippen LogP contribution in [-0.4, -0.2) is 39.3 Å². The number of nitrogens with one attached hydrogen (secondary N) is 1. The molecule has 0 aliphatic heterocycles. The largest absolute Gasteiger partial charge is 0.353 e. The van der Waals surface area contributed by atoms with Crippen LogP contribution in [0.1, 0.15) is 29.1 Å². The number of aliphatic imine (C=N–C) groups is 1. The summed E-state index contributed by atoms with van der Waals surface area (Å²) >= 11 is 0. The molecule has 28 heavy (non-hydrogen) atoms. The van der Waals surface area contributed by atoms with Crippen molar-refractivity contribution in [3.8, 4) is 5.69 Å². The van der Waals surface area contributed by atoms with Crippen LogP contribution in [-0.2, 0) is 33.0 Å². The highest BCUT2D eigenvalue weighted by Gasteiger charge is 2.23. The number of para-hydroxylation sites is 1. The lowest BCUT2D eigenvalue weighted by molar-refractivity contribution is 0.461. The van der Waals surface area contributed by atoms with Crippen molar-refractivity contribution < 1.29 is 0 Å². The normalized spacial score (nSPS) is 13.6. The van der Waals surface area contributed by atoms with E-state index >= 15 is 0 Å². The third-order valence-electron chi connectivity index (χ3n) is 5.45. The van der Waals surface area contributed by atoms with E-state index in [1.807, 2.05) is 13.1 Å². The molecule has 3 aromatic rings. The van der Waals surface area contributed by atoms with Gasteiger partial charge in [-0.3, -0.25) is 4.99 Å². The van der Waals surface area contributed by atoms with Crippen LogP contribution >= 0.6 is 0 Å². The Bertz CT molecular complexity index is 966. The average Bonchev–Trinajstić information content (AvgIpc) is 3.41. The van der Waals surface area contributed by atoms with Gasteiger partial charge in [-0.15, -0.1) is 0 Å². The highest BCUT2D eigenvalue weighted by Crippen LogP contribution is 2.27. The number of hydrogen-bond acceptors (Lipinski definition) is 2. The summed E-state index contributed by atoms with van der Waals surface area (Å²) in [4.78, 5) is 6.60. The van der Waals surface area contributed by atoms with Crippen molar-refractivity contribution in [3.63, 3.8) is 0 Å². The average molecular weight is 377 g/mol. The Kier molecular flexibility index (Phi) is 5.19. The molecule has 1 aliphatic carbocycles. The second kappa shape index (κ2) is 7.92. The molecule has 0 saturated carbocycles. The van der Waals surface area contributed by atoms with Crippen LogP contribution in [0.3, 0.4) is 0 Å². The Hall–Kier alpha value is -3.02. The van der Waals surface area contributed by atoms with E-state index < -0.39 is 0 Å². The smallest absolute Gasteiger partial charge is 0.194 e. The first-order chi connectivity index (χ1) is 13.7. The van der Waals surface area contributed by atoms with Gasteiger partial charge in [0.25, 0.3) is 0 Å². The number of hydrogen-bond donors (Lipinski definition) is 1. The standard InChI is InChI=1S/C22H28N6/c1-23-22(27(3)16-18-11-8-14-26(18)2)24-15-20-19-12-7-13-21(19)28(25-20)17-9-5-4-6-10-17/h4-6,8-11,14H,7,12-13,15-16H2,1-3H3,(H,23,24). The number of rotatable bonds is 5. The first-order valence-electron chi connectivity index (χ1n) is 9.84. The number of fused-ring (bicyclic) bond motifs is 1. The van der Waals surface area contributed by atoms with Gasteiger partial charge in [-0.2, -0.15) is 5.10 Å². The maximum atomic E-state index is 4.93. The zero-order valence-corrected chi connectivity index (χ0v) is 16.9. The minimum Gasteiger partial charge on any atom is -0.353 e. The summed E-state index contributed by atoms with van der Waals surface area (Å²) in [5.41, 5.74) is 6.27. The Balaban J connectivity index is 1.49. The van der Waals surface area contributed by atoms with Crippen molar-refractivity contribution in [1.29, 1.82) is 0 Å². The maximum Gasteiger partial charge on any atom is 0.194 e. The van der Waals surface area contributed by atoms with Crippen LogP contribution in [0, 0.1) is 0 Å². The lowest BCUT2D eigenvalue weighted by atomic mass is 10.2. The van der Waals surface area contributed by atoms with Crippen molar-refractivity contribution in [3.05, 3.63) is 71.3 Å². The first kappa shape index (κ1) is 18.3. The molecule has 6 heteroatoms. The Morgan fingerprint density at radius 1 is 1.18 bits per heavy atom. The van der Waals surface area contributed by atoms with Gasteiger partial charge in [0.1, 0.15) is 0 Å². The summed E-state index contributed by atoms with van der Waals surface area (Å²) in [5, 5.41) is 8.44. The van der Waals surface area contributed by atoms with E-state index in [0.29, 0.717) is 6.54 Å². The van der Waals surface area contributed by atoms with E-state index in [9.17, 15) is 0 Å². The monoisotopic (exact) mass is 376 g/mol. The predicted octanol–water partition coefficient (Wildman–Crippen LogP) is 2.91. The fraction of sp³-hybridized carbons (Fsp3) is 0.364. The molecule has 146 valence electrons. The summed E-state index contributed by atoms with van der Waals surface area (Å²) in [6.07, 6.45) is 5.48. The predicted molar refractivity (Wildman–Crippen MR) is 113 cm³/mol. The molecular formula is C22H28N6. The van der Waals surface area contributed by atoms with Gasteiger partial charge in [0, 0.05) is 38.7 Å². The zero-order valence-electron chi connectivity index (χ0n) is 16.9. The van der Waals surface area contributed by atoms with E-state index in [0.717, 1.165) is 36.7 Å². The highest BCUT2D eigenvalue weighted by molar-refractivity contribution is 5.79. The minimum absolute atomic E-state index is 0.687. The van der Waals surface area contributed by atoms with Crippen molar-refractivity contribution in [2.24, 2.45) is 12.0 Å². The summed E-state index contributed by atoms with van der Waals surface area (Å²) in [6, 6.07) is 14.6. The topological polar surface area (TPSA) is 50.4 Å². The second-order valence-corrected chi connectivity index (χ2v) is 7.34. The van der Waals surface area contributed by atoms with E-state index in [1.54, 1.807) is 0 Å². The van der Waals surface area contributed by atoms with Crippen LogP contribution in [0.5, 0.6) is 0 Å². The molecule has 0 unspecified atom stereocenters.